The summed E-state index contributed by atoms with van der Waals surface area (Å²) in [6.07, 6.45) is 1.39. The van der Waals surface area contributed by atoms with Crippen LogP contribution in [0.1, 0.15) is 21.5 Å². The van der Waals surface area contributed by atoms with Gasteiger partial charge in [0.25, 0.3) is 11.6 Å². The minimum Gasteiger partial charge on any atom is -0.493 e. The van der Waals surface area contributed by atoms with Gasteiger partial charge in [-0.3, -0.25) is 14.9 Å². The lowest BCUT2D eigenvalue weighted by molar-refractivity contribution is -0.384. The van der Waals surface area contributed by atoms with Crippen molar-refractivity contribution in [3.05, 3.63) is 94.9 Å². The Morgan fingerprint density at radius 3 is 2.53 bits per heavy atom. The van der Waals surface area contributed by atoms with Crippen molar-refractivity contribution in [2.24, 2.45) is 5.10 Å². The zero-order valence-corrected chi connectivity index (χ0v) is 21.2. The predicted molar refractivity (Wildman–Crippen MR) is 135 cm³/mol. The molecule has 3 aromatic carbocycles. The Morgan fingerprint density at radius 2 is 1.85 bits per heavy atom. The van der Waals surface area contributed by atoms with Crippen LogP contribution in [-0.4, -0.2) is 24.2 Å². The van der Waals surface area contributed by atoms with E-state index in [4.69, 9.17) is 44.3 Å². The Morgan fingerprint density at radius 1 is 1.12 bits per heavy atom. The summed E-state index contributed by atoms with van der Waals surface area (Å²) in [7, 11) is 1.49. The Kier molecular flexibility index (Phi) is 8.73. The van der Waals surface area contributed by atoms with Crippen molar-refractivity contribution in [2.75, 3.05) is 7.11 Å². The van der Waals surface area contributed by atoms with Gasteiger partial charge in [0.2, 0.25) is 0 Å². The molecule has 0 bridgehead atoms. The molecule has 0 atom stereocenters. The Hall–Kier alpha value is -2.85. The molecule has 34 heavy (non-hydrogen) atoms. The van der Waals surface area contributed by atoms with Crippen LogP contribution in [0.5, 0.6) is 11.5 Å². The molecule has 0 aliphatic rings. The van der Waals surface area contributed by atoms with Crippen LogP contribution in [0, 0.1) is 10.1 Å². The number of ether oxygens (including phenoxy) is 2. The monoisotopic (exact) mass is 585 g/mol. The summed E-state index contributed by atoms with van der Waals surface area (Å²) >= 11 is 21.2. The van der Waals surface area contributed by atoms with Crippen LogP contribution in [0.15, 0.2) is 58.1 Å². The van der Waals surface area contributed by atoms with Gasteiger partial charge in [0.1, 0.15) is 11.6 Å². The highest BCUT2D eigenvalue weighted by molar-refractivity contribution is 9.10. The van der Waals surface area contributed by atoms with E-state index in [1.54, 1.807) is 30.3 Å². The predicted octanol–water partition coefficient (Wildman–Crippen LogP) is 6.67. The molecule has 0 radical (unpaired) electrons. The fourth-order valence-electron chi connectivity index (χ4n) is 2.76. The highest BCUT2D eigenvalue weighted by Gasteiger charge is 2.16. The number of carbonyl (C=O) groups is 1. The van der Waals surface area contributed by atoms with E-state index in [2.05, 4.69) is 26.5 Å². The number of benzene rings is 3. The number of nitro groups is 1. The summed E-state index contributed by atoms with van der Waals surface area (Å²) in [5, 5.41) is 15.7. The number of hydrazone groups is 1. The largest absolute Gasteiger partial charge is 0.493 e. The summed E-state index contributed by atoms with van der Waals surface area (Å²) in [5.41, 5.74) is 3.39. The zero-order chi connectivity index (χ0) is 24.8. The van der Waals surface area contributed by atoms with Crippen molar-refractivity contribution in [1.29, 1.82) is 0 Å². The third-order valence-corrected chi connectivity index (χ3v) is 6.05. The van der Waals surface area contributed by atoms with Gasteiger partial charge in [0, 0.05) is 11.6 Å². The third-order valence-electron chi connectivity index (χ3n) is 4.40. The van der Waals surface area contributed by atoms with Crippen molar-refractivity contribution in [2.45, 2.75) is 6.61 Å². The average Bonchev–Trinajstić information content (AvgIpc) is 2.80. The van der Waals surface area contributed by atoms with Crippen LogP contribution < -0.4 is 14.9 Å². The molecule has 0 saturated carbocycles. The number of nitro benzene ring substituents is 1. The SMILES string of the molecule is COc1cc(/C=N\NC(=O)c2ccc(Cl)c([N+](=O)[O-])c2)cc(Br)c1OCc1ccc(Cl)c(Cl)c1. The fraction of sp³-hybridized carbons (Fsp3) is 0.0909. The molecular formula is C22H15BrCl3N3O5. The Bertz CT molecular complexity index is 1290. The van der Waals surface area contributed by atoms with E-state index in [9.17, 15) is 14.9 Å². The minimum atomic E-state index is -0.669. The molecule has 3 aromatic rings. The summed E-state index contributed by atoms with van der Waals surface area (Å²) in [4.78, 5) is 22.6. The van der Waals surface area contributed by atoms with Gasteiger partial charge in [0.05, 0.1) is 32.8 Å². The van der Waals surface area contributed by atoms with Crippen molar-refractivity contribution < 1.29 is 19.2 Å². The van der Waals surface area contributed by atoms with E-state index in [1.807, 2.05) is 0 Å². The lowest BCUT2D eigenvalue weighted by atomic mass is 10.2. The molecule has 0 fully saturated rings. The van der Waals surface area contributed by atoms with Crippen molar-refractivity contribution in [3.8, 4) is 11.5 Å². The molecular weight excluding hydrogens is 573 g/mol. The molecule has 1 amide bonds. The highest BCUT2D eigenvalue weighted by Crippen LogP contribution is 2.37. The summed E-state index contributed by atoms with van der Waals surface area (Å²) in [5.74, 6) is 0.252. The molecule has 1 N–H and O–H groups in total. The molecule has 12 heteroatoms. The van der Waals surface area contributed by atoms with Crippen LogP contribution in [0.3, 0.4) is 0 Å². The normalized spacial score (nSPS) is 10.9. The molecule has 8 nitrogen and oxygen atoms in total. The second-order valence-corrected chi connectivity index (χ2v) is 8.77. The number of hydrogen-bond donors (Lipinski definition) is 1. The van der Waals surface area contributed by atoms with E-state index < -0.39 is 10.8 Å². The van der Waals surface area contributed by atoms with Crippen LogP contribution >= 0.6 is 50.7 Å². The first-order chi connectivity index (χ1) is 16.2. The maximum atomic E-state index is 12.3. The molecule has 176 valence electrons. The first kappa shape index (κ1) is 25.8. The summed E-state index contributed by atoms with van der Waals surface area (Å²) < 4.78 is 11.9. The van der Waals surface area contributed by atoms with E-state index in [1.165, 1.54) is 25.5 Å². The molecule has 0 heterocycles. The zero-order valence-electron chi connectivity index (χ0n) is 17.4. The number of halogens is 4. The van der Waals surface area contributed by atoms with Crippen molar-refractivity contribution in [3.63, 3.8) is 0 Å². The van der Waals surface area contributed by atoms with Gasteiger partial charge >= 0.3 is 0 Å². The van der Waals surface area contributed by atoms with E-state index in [-0.39, 0.29) is 22.9 Å². The van der Waals surface area contributed by atoms with E-state index in [0.717, 1.165) is 11.6 Å². The minimum absolute atomic E-state index is 0.0399. The van der Waals surface area contributed by atoms with Crippen LogP contribution in [-0.2, 0) is 6.61 Å². The quantitative estimate of drug-likeness (QED) is 0.180. The van der Waals surface area contributed by atoms with Gasteiger partial charge in [0.15, 0.2) is 11.5 Å². The number of nitrogens with zero attached hydrogens (tertiary/aromatic N) is 2. The topological polar surface area (TPSA) is 103 Å². The number of hydrogen-bond acceptors (Lipinski definition) is 6. The average molecular weight is 588 g/mol. The lowest BCUT2D eigenvalue weighted by Gasteiger charge is -2.14. The smallest absolute Gasteiger partial charge is 0.288 e. The van der Waals surface area contributed by atoms with Crippen LogP contribution in [0.4, 0.5) is 5.69 Å². The van der Waals surface area contributed by atoms with Gasteiger partial charge in [-0.1, -0.05) is 40.9 Å². The maximum Gasteiger partial charge on any atom is 0.288 e. The molecule has 0 spiro atoms. The van der Waals surface area contributed by atoms with Crippen molar-refractivity contribution >= 4 is 68.5 Å². The lowest BCUT2D eigenvalue weighted by Crippen LogP contribution is -2.17. The number of methoxy groups -OCH3 is 1. The molecule has 0 saturated heterocycles. The van der Waals surface area contributed by atoms with Crippen LogP contribution in [0.25, 0.3) is 0 Å². The van der Waals surface area contributed by atoms with Gasteiger partial charge in [-0.15, -0.1) is 0 Å². The van der Waals surface area contributed by atoms with E-state index in [0.29, 0.717) is 31.6 Å². The molecule has 0 aliphatic carbocycles. The molecule has 3 rings (SSSR count). The Balaban J connectivity index is 1.71. The second kappa shape index (κ2) is 11.5. The highest BCUT2D eigenvalue weighted by atomic mass is 79.9. The number of amides is 1. The second-order valence-electron chi connectivity index (χ2n) is 6.69. The van der Waals surface area contributed by atoms with Crippen molar-refractivity contribution in [1.82, 2.24) is 5.43 Å². The van der Waals surface area contributed by atoms with Crippen LogP contribution in [0.2, 0.25) is 15.1 Å². The maximum absolute atomic E-state index is 12.3. The fourth-order valence-corrected chi connectivity index (χ4v) is 3.84. The van der Waals surface area contributed by atoms with Gasteiger partial charge in [-0.2, -0.15) is 5.10 Å². The molecule has 0 aromatic heterocycles. The number of rotatable bonds is 8. The number of nitrogens with one attached hydrogen (secondary N) is 1. The molecule has 0 unspecified atom stereocenters. The number of carbonyl (C=O) groups excluding carboxylic acids is 1. The van der Waals surface area contributed by atoms with Gasteiger partial charge in [-0.05, 0) is 63.5 Å². The molecule has 0 aliphatic heterocycles. The first-order valence-electron chi connectivity index (χ1n) is 9.41. The third kappa shape index (κ3) is 6.38. The summed E-state index contributed by atoms with van der Waals surface area (Å²) in [6, 6.07) is 12.3. The van der Waals surface area contributed by atoms with Gasteiger partial charge < -0.3 is 9.47 Å². The van der Waals surface area contributed by atoms with Gasteiger partial charge in [-0.25, -0.2) is 5.43 Å². The standard InChI is InChI=1S/C22H15BrCl3N3O5/c1-33-20-8-13(6-15(23)21(20)34-11-12-2-4-16(24)18(26)7-12)10-27-28-22(30)14-3-5-17(25)19(9-14)29(31)32/h2-10H,11H2,1H3,(H,28,30)/b27-10-. The first-order valence-corrected chi connectivity index (χ1v) is 11.3. The summed E-state index contributed by atoms with van der Waals surface area (Å²) in [6.45, 7) is 0.225. The van der Waals surface area contributed by atoms with E-state index >= 15 is 0 Å². The Labute approximate surface area is 217 Å².